The van der Waals surface area contributed by atoms with Crippen LogP contribution in [0.15, 0.2) is 0 Å². The zero-order valence-corrected chi connectivity index (χ0v) is 7.95. The molecular formula is C11H22. The van der Waals surface area contributed by atoms with Crippen molar-refractivity contribution in [2.24, 2.45) is 5.41 Å². The molecule has 1 rings (SSSR count). The minimum absolute atomic E-state index is 0.330. The zero-order valence-electron chi connectivity index (χ0n) is 9.95. The molecule has 1 aliphatic carbocycles. The lowest BCUT2D eigenvalue weighted by Gasteiger charge is -2.36. The summed E-state index contributed by atoms with van der Waals surface area (Å²) in [7, 11) is 0. The highest BCUT2D eigenvalue weighted by Gasteiger charge is 2.28. The van der Waals surface area contributed by atoms with E-state index in [1.54, 1.807) is 6.92 Å². The lowest BCUT2D eigenvalue weighted by atomic mass is 9.70. The van der Waals surface area contributed by atoms with Crippen LogP contribution >= 0.6 is 0 Å². The van der Waals surface area contributed by atoms with E-state index in [-0.39, 0.29) is 0 Å². The van der Waals surface area contributed by atoms with Gasteiger partial charge in [0.25, 0.3) is 0 Å². The van der Waals surface area contributed by atoms with Crippen molar-refractivity contribution in [1.82, 2.24) is 0 Å². The van der Waals surface area contributed by atoms with E-state index in [0.29, 0.717) is 5.41 Å². The van der Waals surface area contributed by atoms with Gasteiger partial charge in [-0.25, -0.2) is 0 Å². The lowest BCUT2D eigenvalue weighted by Crippen LogP contribution is -2.22. The normalized spacial score (nSPS) is 27.5. The topological polar surface area (TPSA) is 0 Å². The van der Waals surface area contributed by atoms with Gasteiger partial charge < -0.3 is 0 Å². The van der Waals surface area contributed by atoms with E-state index in [1.165, 1.54) is 32.1 Å². The van der Waals surface area contributed by atoms with Crippen molar-refractivity contribution in [1.29, 1.82) is 0 Å². The maximum Gasteiger partial charge on any atom is 0.0264 e. The molecule has 0 radical (unpaired) electrons. The summed E-state index contributed by atoms with van der Waals surface area (Å²) in [4.78, 5) is 0. The first-order valence-corrected chi connectivity index (χ1v) is 4.97. The Morgan fingerprint density at radius 2 is 1.82 bits per heavy atom. The Hall–Kier alpha value is 0. The van der Waals surface area contributed by atoms with Gasteiger partial charge in [-0.3, -0.25) is 0 Å². The molecule has 0 N–H and O–H groups in total. The molecule has 0 atom stereocenters. The van der Waals surface area contributed by atoms with Crippen LogP contribution in [0.3, 0.4) is 0 Å². The third-order valence-electron chi connectivity index (χ3n) is 3.22. The molecule has 1 saturated carbocycles. The molecule has 1 fully saturated rings. The second-order valence-corrected chi connectivity index (χ2v) is 3.94. The van der Waals surface area contributed by atoms with E-state index in [4.69, 9.17) is 2.74 Å². The lowest BCUT2D eigenvalue weighted by molar-refractivity contribution is 0.163. The maximum atomic E-state index is 7.66. The van der Waals surface area contributed by atoms with E-state index >= 15 is 0 Å². The van der Waals surface area contributed by atoms with Crippen LogP contribution in [-0.2, 0) is 0 Å². The Morgan fingerprint density at radius 3 is 2.27 bits per heavy atom. The molecule has 66 valence electrons. The second-order valence-electron chi connectivity index (χ2n) is 3.94. The summed E-state index contributed by atoms with van der Waals surface area (Å²) in [5.41, 5.74) is 0.330. The molecule has 0 spiro atoms. The van der Waals surface area contributed by atoms with Crippen LogP contribution in [-0.4, -0.2) is 0 Å². The molecule has 0 amide bonds. The molecule has 0 heterocycles. The largest absolute Gasteiger partial charge is 0.0654 e. The number of rotatable bonds is 3. The Balaban J connectivity index is 2.57. The summed E-state index contributed by atoms with van der Waals surface area (Å²) in [6.07, 6.45) is 7.40. The standard InChI is InChI=1S/C11H22/c1-3-8-11(4-2)9-6-5-7-10-11/h3-10H2,1-2H3/i3D2. The van der Waals surface area contributed by atoms with Crippen molar-refractivity contribution in [2.45, 2.75) is 65.2 Å². The van der Waals surface area contributed by atoms with Gasteiger partial charge in [0.15, 0.2) is 0 Å². The van der Waals surface area contributed by atoms with Crippen molar-refractivity contribution < 1.29 is 2.74 Å². The summed E-state index contributed by atoms with van der Waals surface area (Å²) in [6.45, 7) is 3.94. The van der Waals surface area contributed by atoms with E-state index in [2.05, 4.69) is 6.92 Å². The Morgan fingerprint density at radius 1 is 1.18 bits per heavy atom. The predicted octanol–water partition coefficient (Wildman–Crippen LogP) is 4.15. The highest BCUT2D eigenvalue weighted by Crippen LogP contribution is 2.42. The SMILES string of the molecule is [2H]C([2H])(C)CC1(CC)CCCCC1. The van der Waals surface area contributed by atoms with Crippen molar-refractivity contribution in [2.75, 3.05) is 0 Å². The minimum Gasteiger partial charge on any atom is -0.0654 e. The van der Waals surface area contributed by atoms with Crippen LogP contribution in [0, 0.1) is 5.41 Å². The van der Waals surface area contributed by atoms with Gasteiger partial charge in [-0.05, 0) is 24.7 Å². The van der Waals surface area contributed by atoms with Gasteiger partial charge in [0.05, 0.1) is 0 Å². The highest BCUT2D eigenvalue weighted by atomic mass is 14.3. The summed E-state index contributed by atoms with van der Waals surface area (Å²) >= 11 is 0. The average molecular weight is 156 g/mol. The number of hydrogen-bond acceptors (Lipinski definition) is 0. The fourth-order valence-electron chi connectivity index (χ4n) is 2.33. The van der Waals surface area contributed by atoms with Crippen molar-refractivity contribution in [3.63, 3.8) is 0 Å². The van der Waals surface area contributed by atoms with Gasteiger partial charge in [-0.1, -0.05) is 45.9 Å². The van der Waals surface area contributed by atoms with Crippen LogP contribution < -0.4 is 0 Å². The molecule has 1 aliphatic rings. The second kappa shape index (κ2) is 4.13. The van der Waals surface area contributed by atoms with E-state index < -0.39 is 6.37 Å². The summed E-state index contributed by atoms with van der Waals surface area (Å²) in [5, 5.41) is 0. The van der Waals surface area contributed by atoms with Crippen LogP contribution in [0.4, 0.5) is 0 Å². The molecule has 0 aromatic rings. The summed E-state index contributed by atoms with van der Waals surface area (Å²) in [5.74, 6) is 0. The summed E-state index contributed by atoms with van der Waals surface area (Å²) in [6, 6.07) is 0. The van der Waals surface area contributed by atoms with Gasteiger partial charge in [0.2, 0.25) is 0 Å². The molecule has 0 unspecified atom stereocenters. The molecule has 0 bridgehead atoms. The van der Waals surface area contributed by atoms with Crippen LogP contribution in [0.5, 0.6) is 0 Å². The van der Waals surface area contributed by atoms with Crippen LogP contribution in [0.2, 0.25) is 0 Å². The third-order valence-corrected chi connectivity index (χ3v) is 3.22. The molecule has 0 nitrogen and oxygen atoms in total. The van der Waals surface area contributed by atoms with E-state index in [0.717, 1.165) is 12.8 Å². The van der Waals surface area contributed by atoms with Crippen molar-refractivity contribution in [3.8, 4) is 0 Å². The minimum atomic E-state index is -0.979. The first-order chi connectivity index (χ1) is 5.97. The fraction of sp³-hybridized carbons (Fsp3) is 1.00. The van der Waals surface area contributed by atoms with E-state index in [1.807, 2.05) is 0 Å². The molecule has 0 saturated heterocycles. The maximum absolute atomic E-state index is 7.66. The Bertz CT molecular complexity index is 152. The molecular weight excluding hydrogens is 132 g/mol. The Kier molecular flexibility index (Phi) is 2.45. The van der Waals surface area contributed by atoms with Gasteiger partial charge in [0.1, 0.15) is 0 Å². The van der Waals surface area contributed by atoms with Crippen molar-refractivity contribution >= 4 is 0 Å². The van der Waals surface area contributed by atoms with Crippen molar-refractivity contribution in [3.05, 3.63) is 0 Å². The van der Waals surface area contributed by atoms with Gasteiger partial charge in [0, 0.05) is 2.74 Å². The Labute approximate surface area is 74.2 Å². The molecule has 0 aromatic heterocycles. The first-order valence-electron chi connectivity index (χ1n) is 5.97. The fourth-order valence-corrected chi connectivity index (χ4v) is 2.33. The third kappa shape index (κ3) is 2.21. The first kappa shape index (κ1) is 6.51. The highest BCUT2D eigenvalue weighted by molar-refractivity contribution is 4.80. The monoisotopic (exact) mass is 156 g/mol. The van der Waals surface area contributed by atoms with Gasteiger partial charge in [-0.15, -0.1) is 0 Å². The predicted molar refractivity (Wildman–Crippen MR) is 50.7 cm³/mol. The molecule has 0 heteroatoms. The van der Waals surface area contributed by atoms with E-state index in [9.17, 15) is 0 Å². The quantitative estimate of drug-likeness (QED) is 0.576. The summed E-state index contributed by atoms with van der Waals surface area (Å²) < 4.78 is 15.3. The zero-order chi connectivity index (χ0) is 9.95. The molecule has 0 aromatic carbocycles. The van der Waals surface area contributed by atoms with Crippen LogP contribution in [0.25, 0.3) is 0 Å². The van der Waals surface area contributed by atoms with Gasteiger partial charge >= 0.3 is 0 Å². The molecule has 0 aliphatic heterocycles. The smallest absolute Gasteiger partial charge is 0.0264 e. The number of hydrogen-bond donors (Lipinski definition) is 0. The van der Waals surface area contributed by atoms with Gasteiger partial charge in [-0.2, -0.15) is 0 Å². The molecule has 11 heavy (non-hydrogen) atoms. The van der Waals surface area contributed by atoms with Crippen LogP contribution in [0.1, 0.15) is 67.9 Å². The average Bonchev–Trinajstić information content (AvgIpc) is 2.03.